The van der Waals surface area contributed by atoms with Crippen LogP contribution in [0.15, 0.2) is 40.2 Å². The molecule has 0 heterocycles. The molecule has 16 heavy (non-hydrogen) atoms. The van der Waals surface area contributed by atoms with Crippen LogP contribution in [0.4, 0.5) is 5.69 Å². The lowest BCUT2D eigenvalue weighted by molar-refractivity contribution is 0.585. The van der Waals surface area contributed by atoms with Crippen LogP contribution >= 0.6 is 15.9 Å². The van der Waals surface area contributed by atoms with E-state index >= 15 is 0 Å². The predicted molar refractivity (Wildman–Crippen MR) is 69.2 cm³/mol. The third-order valence-corrected chi connectivity index (χ3v) is 3.60. The van der Waals surface area contributed by atoms with Crippen LogP contribution in [-0.4, -0.2) is 22.0 Å². The van der Waals surface area contributed by atoms with Crippen molar-refractivity contribution in [1.29, 1.82) is 0 Å². The quantitative estimate of drug-likeness (QED) is 0.874. The van der Waals surface area contributed by atoms with E-state index in [0.29, 0.717) is 4.48 Å². The van der Waals surface area contributed by atoms with Crippen LogP contribution in [0, 0.1) is 0 Å². The molecule has 0 fully saturated rings. The van der Waals surface area contributed by atoms with Crippen LogP contribution < -0.4 is 10.0 Å². The molecular weight excluding hydrogens is 292 g/mol. The van der Waals surface area contributed by atoms with Crippen LogP contribution in [0.5, 0.6) is 0 Å². The molecule has 2 N–H and O–H groups in total. The van der Waals surface area contributed by atoms with Gasteiger partial charge in [-0.15, -0.1) is 0 Å². The average Bonchev–Trinajstić information content (AvgIpc) is 2.27. The van der Waals surface area contributed by atoms with Gasteiger partial charge in [-0.1, -0.05) is 22.5 Å². The fourth-order valence-corrected chi connectivity index (χ4v) is 2.41. The maximum absolute atomic E-state index is 11.7. The van der Waals surface area contributed by atoms with Crippen molar-refractivity contribution >= 4 is 31.6 Å². The average molecular weight is 305 g/mol. The molecular formula is C10H13BrN2O2S. The molecule has 0 aliphatic rings. The molecule has 1 aromatic carbocycles. The number of hydrogen-bond acceptors (Lipinski definition) is 3. The summed E-state index contributed by atoms with van der Waals surface area (Å²) in [5.74, 6) is 0. The molecule has 0 radical (unpaired) electrons. The van der Waals surface area contributed by atoms with Gasteiger partial charge in [-0.25, -0.2) is 13.1 Å². The molecule has 0 aliphatic carbocycles. The molecule has 0 aromatic heterocycles. The zero-order valence-corrected chi connectivity index (χ0v) is 11.2. The summed E-state index contributed by atoms with van der Waals surface area (Å²) in [7, 11) is -1.67. The summed E-state index contributed by atoms with van der Waals surface area (Å²) in [6.45, 7) is 3.74. The second-order valence-electron chi connectivity index (χ2n) is 3.12. The minimum atomic E-state index is -3.45. The highest BCUT2D eigenvalue weighted by Gasteiger charge is 2.12. The normalized spacial score (nSPS) is 11.1. The maximum Gasteiger partial charge on any atom is 0.240 e. The zero-order chi connectivity index (χ0) is 12.2. The topological polar surface area (TPSA) is 58.2 Å². The smallest absolute Gasteiger partial charge is 0.240 e. The van der Waals surface area contributed by atoms with Crippen molar-refractivity contribution < 1.29 is 8.42 Å². The van der Waals surface area contributed by atoms with E-state index in [1.807, 2.05) is 0 Å². The van der Waals surface area contributed by atoms with Gasteiger partial charge in [-0.05, 0) is 24.3 Å². The standard InChI is InChI=1S/C10H13BrN2O2S/c1-8(11)7-13-16(14,15)10-5-3-9(12-2)4-6-10/h3-6,12-13H,1,7H2,2H3. The summed E-state index contributed by atoms with van der Waals surface area (Å²) in [6, 6.07) is 6.51. The van der Waals surface area contributed by atoms with Crippen molar-refractivity contribution in [3.05, 3.63) is 35.3 Å². The molecule has 1 aromatic rings. The summed E-state index contributed by atoms with van der Waals surface area (Å²) < 4.78 is 26.5. The van der Waals surface area contributed by atoms with Crippen molar-refractivity contribution in [3.8, 4) is 0 Å². The first kappa shape index (κ1) is 13.2. The number of nitrogens with one attached hydrogen (secondary N) is 2. The number of halogens is 1. The summed E-state index contributed by atoms with van der Waals surface area (Å²) in [4.78, 5) is 0.236. The molecule has 0 aliphatic heterocycles. The van der Waals surface area contributed by atoms with Gasteiger partial charge in [0.25, 0.3) is 0 Å². The molecule has 0 amide bonds. The van der Waals surface area contributed by atoms with Crippen molar-refractivity contribution in [1.82, 2.24) is 4.72 Å². The third-order valence-electron chi connectivity index (χ3n) is 1.91. The van der Waals surface area contributed by atoms with Crippen molar-refractivity contribution in [2.75, 3.05) is 18.9 Å². The maximum atomic E-state index is 11.7. The summed E-state index contributed by atoms with van der Waals surface area (Å²) >= 11 is 3.09. The predicted octanol–water partition coefficient (Wildman–Crippen LogP) is 1.92. The molecule has 1 rings (SSSR count). The number of sulfonamides is 1. The molecule has 4 nitrogen and oxygen atoms in total. The first-order valence-corrected chi connectivity index (χ1v) is 6.84. The Bertz CT molecular complexity index is 468. The minimum Gasteiger partial charge on any atom is -0.388 e. The number of rotatable bonds is 5. The lowest BCUT2D eigenvalue weighted by Crippen LogP contribution is -2.24. The van der Waals surface area contributed by atoms with Crippen LogP contribution in [0.2, 0.25) is 0 Å². The minimum absolute atomic E-state index is 0.177. The van der Waals surface area contributed by atoms with E-state index < -0.39 is 10.0 Å². The first-order chi connectivity index (χ1) is 7.45. The lowest BCUT2D eigenvalue weighted by atomic mass is 10.3. The number of hydrogen-bond donors (Lipinski definition) is 2. The molecule has 0 bridgehead atoms. The second-order valence-corrected chi connectivity index (χ2v) is 6.00. The lowest BCUT2D eigenvalue weighted by Gasteiger charge is -2.06. The monoisotopic (exact) mass is 304 g/mol. The fraction of sp³-hybridized carbons (Fsp3) is 0.200. The van der Waals surface area contributed by atoms with Gasteiger partial charge in [0, 0.05) is 23.8 Å². The first-order valence-electron chi connectivity index (χ1n) is 4.56. The van der Waals surface area contributed by atoms with Crippen molar-refractivity contribution in [2.24, 2.45) is 0 Å². The van der Waals surface area contributed by atoms with Gasteiger partial charge in [0.15, 0.2) is 0 Å². The van der Waals surface area contributed by atoms with E-state index in [1.54, 1.807) is 31.3 Å². The molecule has 0 saturated carbocycles. The highest BCUT2D eigenvalue weighted by atomic mass is 79.9. The Morgan fingerprint density at radius 3 is 2.38 bits per heavy atom. The van der Waals surface area contributed by atoms with Gasteiger partial charge >= 0.3 is 0 Å². The highest BCUT2D eigenvalue weighted by Crippen LogP contribution is 2.13. The van der Waals surface area contributed by atoms with Crippen LogP contribution in [-0.2, 0) is 10.0 Å². The fourth-order valence-electron chi connectivity index (χ4n) is 1.06. The molecule has 88 valence electrons. The Balaban J connectivity index is 2.85. The van der Waals surface area contributed by atoms with Gasteiger partial charge < -0.3 is 5.32 Å². The van der Waals surface area contributed by atoms with Gasteiger partial charge in [0.05, 0.1) is 4.90 Å². The van der Waals surface area contributed by atoms with E-state index in [2.05, 4.69) is 32.5 Å². The van der Waals surface area contributed by atoms with E-state index in [9.17, 15) is 8.42 Å². The Kier molecular flexibility index (Phi) is 4.52. The van der Waals surface area contributed by atoms with E-state index in [1.165, 1.54) is 0 Å². The Morgan fingerprint density at radius 2 is 1.94 bits per heavy atom. The van der Waals surface area contributed by atoms with Gasteiger partial charge in [-0.3, -0.25) is 0 Å². The number of benzene rings is 1. The summed E-state index contributed by atoms with van der Waals surface area (Å²) in [6.07, 6.45) is 0. The summed E-state index contributed by atoms with van der Waals surface area (Å²) in [5.41, 5.74) is 0.865. The van der Waals surface area contributed by atoms with Gasteiger partial charge in [0.1, 0.15) is 0 Å². The van der Waals surface area contributed by atoms with E-state index in [0.717, 1.165) is 5.69 Å². The Hall–Kier alpha value is -0.850. The van der Waals surface area contributed by atoms with Gasteiger partial charge in [0.2, 0.25) is 10.0 Å². The molecule has 6 heteroatoms. The van der Waals surface area contributed by atoms with Crippen molar-refractivity contribution in [3.63, 3.8) is 0 Å². The number of anilines is 1. The van der Waals surface area contributed by atoms with Gasteiger partial charge in [-0.2, -0.15) is 0 Å². The van der Waals surface area contributed by atoms with Crippen LogP contribution in [0.1, 0.15) is 0 Å². The molecule has 0 saturated heterocycles. The van der Waals surface area contributed by atoms with E-state index in [4.69, 9.17) is 0 Å². The summed E-state index contributed by atoms with van der Waals surface area (Å²) in [5, 5.41) is 2.92. The largest absolute Gasteiger partial charge is 0.388 e. The Morgan fingerprint density at radius 1 is 1.38 bits per heavy atom. The molecule has 0 atom stereocenters. The highest BCUT2D eigenvalue weighted by molar-refractivity contribution is 9.11. The zero-order valence-electron chi connectivity index (χ0n) is 8.83. The van der Waals surface area contributed by atoms with Crippen molar-refractivity contribution in [2.45, 2.75) is 4.90 Å². The molecule has 0 unspecified atom stereocenters. The van der Waals surface area contributed by atoms with E-state index in [-0.39, 0.29) is 11.4 Å². The molecule has 0 spiro atoms. The second kappa shape index (κ2) is 5.47. The third kappa shape index (κ3) is 3.62. The SMILES string of the molecule is C=C(Br)CNS(=O)(=O)c1ccc(NC)cc1. The Labute approximate surface area is 104 Å². The van der Waals surface area contributed by atoms with Crippen LogP contribution in [0.3, 0.4) is 0 Å². The van der Waals surface area contributed by atoms with Crippen LogP contribution in [0.25, 0.3) is 0 Å².